The van der Waals surface area contributed by atoms with Crippen molar-refractivity contribution in [2.24, 2.45) is 0 Å². The van der Waals surface area contributed by atoms with Crippen molar-refractivity contribution in [1.29, 1.82) is 5.26 Å². The van der Waals surface area contributed by atoms with Crippen molar-refractivity contribution in [1.82, 2.24) is 0 Å². The van der Waals surface area contributed by atoms with E-state index < -0.39 is 5.82 Å². The highest BCUT2D eigenvalue weighted by molar-refractivity contribution is 7.12. The van der Waals surface area contributed by atoms with Crippen LogP contribution in [-0.4, -0.2) is 0 Å². The zero-order chi connectivity index (χ0) is 13.8. The molecule has 1 aromatic heterocycles. The molecule has 1 atom stereocenters. The molecule has 1 unspecified atom stereocenters. The predicted octanol–water partition coefficient (Wildman–Crippen LogP) is 4.49. The Balaban J connectivity index is 2.14. The van der Waals surface area contributed by atoms with Crippen molar-refractivity contribution in [3.05, 3.63) is 51.5 Å². The van der Waals surface area contributed by atoms with Gasteiger partial charge in [-0.05, 0) is 43.7 Å². The van der Waals surface area contributed by atoms with Crippen LogP contribution in [0.15, 0.2) is 30.3 Å². The molecule has 2 nitrogen and oxygen atoms in total. The van der Waals surface area contributed by atoms with E-state index in [0.717, 1.165) is 6.42 Å². The van der Waals surface area contributed by atoms with Crippen molar-refractivity contribution in [3.63, 3.8) is 0 Å². The molecule has 0 saturated carbocycles. The van der Waals surface area contributed by atoms with Crippen LogP contribution >= 0.6 is 11.3 Å². The van der Waals surface area contributed by atoms with Gasteiger partial charge in [0, 0.05) is 9.75 Å². The summed E-state index contributed by atoms with van der Waals surface area (Å²) in [5.41, 5.74) is 0.762. The van der Waals surface area contributed by atoms with Gasteiger partial charge in [-0.1, -0.05) is 6.92 Å². The molecule has 2 aromatic rings. The predicted molar refractivity (Wildman–Crippen MR) is 76.8 cm³/mol. The Morgan fingerprint density at radius 1 is 1.37 bits per heavy atom. The second kappa shape index (κ2) is 5.85. The van der Waals surface area contributed by atoms with Crippen molar-refractivity contribution >= 4 is 17.0 Å². The van der Waals surface area contributed by atoms with Gasteiger partial charge in [-0.15, -0.1) is 11.3 Å². The van der Waals surface area contributed by atoms with Crippen molar-refractivity contribution in [2.45, 2.75) is 26.3 Å². The summed E-state index contributed by atoms with van der Waals surface area (Å²) in [6.07, 6.45) is 1.02. The molecule has 0 bridgehead atoms. The molecule has 0 radical (unpaired) electrons. The molecule has 98 valence electrons. The van der Waals surface area contributed by atoms with Gasteiger partial charge in [-0.3, -0.25) is 0 Å². The number of hydrogen-bond donors (Lipinski definition) is 1. The highest BCUT2D eigenvalue weighted by Crippen LogP contribution is 2.27. The van der Waals surface area contributed by atoms with Gasteiger partial charge in [-0.25, -0.2) is 4.39 Å². The number of halogens is 1. The zero-order valence-electron chi connectivity index (χ0n) is 10.9. The summed E-state index contributed by atoms with van der Waals surface area (Å²) >= 11 is 1.74. The van der Waals surface area contributed by atoms with E-state index in [-0.39, 0.29) is 6.04 Å². The van der Waals surface area contributed by atoms with Gasteiger partial charge in [0.2, 0.25) is 0 Å². The van der Waals surface area contributed by atoms with Gasteiger partial charge in [-0.2, -0.15) is 5.26 Å². The molecule has 0 saturated heterocycles. The average molecular weight is 274 g/mol. The smallest absolute Gasteiger partial charge is 0.147 e. The number of rotatable bonds is 4. The number of hydrogen-bond acceptors (Lipinski definition) is 3. The van der Waals surface area contributed by atoms with E-state index in [1.165, 1.54) is 15.8 Å². The summed E-state index contributed by atoms with van der Waals surface area (Å²) < 4.78 is 13.8. The Bertz CT molecular complexity index is 613. The molecule has 0 aliphatic carbocycles. The van der Waals surface area contributed by atoms with Crippen LogP contribution in [0.25, 0.3) is 0 Å². The average Bonchev–Trinajstić information content (AvgIpc) is 2.90. The van der Waals surface area contributed by atoms with Crippen LogP contribution in [0.3, 0.4) is 0 Å². The molecule has 4 heteroatoms. The Hall–Kier alpha value is -1.86. The van der Waals surface area contributed by atoms with Gasteiger partial charge >= 0.3 is 0 Å². The summed E-state index contributed by atoms with van der Waals surface area (Å²) in [7, 11) is 0. The number of nitrogens with one attached hydrogen (secondary N) is 1. The first-order chi connectivity index (χ1) is 9.13. The number of aryl methyl sites for hydroxylation is 1. The lowest BCUT2D eigenvalue weighted by Gasteiger charge is -2.14. The molecule has 0 aliphatic heterocycles. The molecule has 1 aromatic carbocycles. The third-order valence-electron chi connectivity index (χ3n) is 2.93. The minimum atomic E-state index is -0.391. The van der Waals surface area contributed by atoms with Crippen LogP contribution in [-0.2, 0) is 6.42 Å². The summed E-state index contributed by atoms with van der Waals surface area (Å²) in [6, 6.07) is 10.6. The van der Waals surface area contributed by atoms with Crippen LogP contribution in [0, 0.1) is 17.1 Å². The SMILES string of the molecule is CCc1ccc(C(C)Nc2ccc(C#N)cc2F)s1. The Morgan fingerprint density at radius 2 is 2.16 bits per heavy atom. The second-order valence-electron chi connectivity index (χ2n) is 4.33. The third-order valence-corrected chi connectivity index (χ3v) is 4.34. The number of benzene rings is 1. The Morgan fingerprint density at radius 3 is 2.74 bits per heavy atom. The van der Waals surface area contributed by atoms with Gasteiger partial charge in [0.05, 0.1) is 23.4 Å². The van der Waals surface area contributed by atoms with E-state index in [4.69, 9.17) is 5.26 Å². The number of thiophene rings is 1. The molecule has 19 heavy (non-hydrogen) atoms. The highest BCUT2D eigenvalue weighted by Gasteiger charge is 2.11. The van der Waals surface area contributed by atoms with Gasteiger partial charge in [0.15, 0.2) is 0 Å². The molecule has 0 spiro atoms. The lowest BCUT2D eigenvalue weighted by atomic mass is 10.2. The topological polar surface area (TPSA) is 35.8 Å². The minimum absolute atomic E-state index is 0.0488. The lowest BCUT2D eigenvalue weighted by Crippen LogP contribution is -2.06. The molecule has 1 heterocycles. The number of anilines is 1. The normalized spacial score (nSPS) is 11.9. The third kappa shape index (κ3) is 3.12. The Labute approximate surface area is 116 Å². The summed E-state index contributed by atoms with van der Waals surface area (Å²) in [5.74, 6) is -0.391. The maximum absolute atomic E-state index is 13.8. The minimum Gasteiger partial charge on any atom is -0.375 e. The van der Waals surface area contributed by atoms with Gasteiger partial charge < -0.3 is 5.32 Å². The van der Waals surface area contributed by atoms with E-state index >= 15 is 0 Å². The fourth-order valence-corrected chi connectivity index (χ4v) is 2.78. The fraction of sp³-hybridized carbons (Fsp3) is 0.267. The van der Waals surface area contributed by atoms with Crippen LogP contribution < -0.4 is 5.32 Å². The van der Waals surface area contributed by atoms with Crippen molar-refractivity contribution in [3.8, 4) is 6.07 Å². The quantitative estimate of drug-likeness (QED) is 0.891. The standard InChI is InChI=1S/C15H15FN2S/c1-3-12-5-7-15(19-12)10(2)18-14-6-4-11(9-17)8-13(14)16/h4-8,10,18H,3H2,1-2H3. The number of nitrogens with zero attached hydrogens (tertiary/aromatic N) is 1. The van der Waals surface area contributed by atoms with Crippen molar-refractivity contribution < 1.29 is 4.39 Å². The van der Waals surface area contributed by atoms with E-state index in [1.807, 2.05) is 13.0 Å². The van der Waals surface area contributed by atoms with Crippen LogP contribution in [0.1, 0.15) is 35.2 Å². The molecular formula is C15H15FN2S. The maximum Gasteiger partial charge on any atom is 0.147 e. The molecule has 0 fully saturated rings. The Kier molecular flexibility index (Phi) is 4.18. The van der Waals surface area contributed by atoms with Crippen LogP contribution in [0.4, 0.5) is 10.1 Å². The molecule has 2 rings (SSSR count). The molecular weight excluding hydrogens is 259 g/mol. The van der Waals surface area contributed by atoms with Gasteiger partial charge in [0.25, 0.3) is 0 Å². The summed E-state index contributed by atoms with van der Waals surface area (Å²) in [5, 5.41) is 11.8. The second-order valence-corrected chi connectivity index (χ2v) is 5.53. The first-order valence-corrected chi connectivity index (χ1v) is 7.00. The van der Waals surface area contributed by atoms with Gasteiger partial charge in [0.1, 0.15) is 5.82 Å². The maximum atomic E-state index is 13.8. The lowest BCUT2D eigenvalue weighted by molar-refractivity contribution is 0.627. The molecule has 1 N–H and O–H groups in total. The first-order valence-electron chi connectivity index (χ1n) is 6.18. The van der Waals surface area contributed by atoms with Crippen LogP contribution in [0.5, 0.6) is 0 Å². The highest BCUT2D eigenvalue weighted by atomic mass is 32.1. The monoisotopic (exact) mass is 274 g/mol. The fourth-order valence-electron chi connectivity index (χ4n) is 1.82. The first kappa shape index (κ1) is 13.6. The number of nitriles is 1. The van der Waals surface area contributed by atoms with E-state index in [9.17, 15) is 4.39 Å². The van der Waals surface area contributed by atoms with E-state index in [1.54, 1.807) is 23.5 Å². The largest absolute Gasteiger partial charge is 0.375 e. The molecule has 0 aliphatic rings. The van der Waals surface area contributed by atoms with Crippen molar-refractivity contribution in [2.75, 3.05) is 5.32 Å². The summed E-state index contributed by atoms with van der Waals surface area (Å²) in [6.45, 7) is 4.12. The van der Waals surface area contributed by atoms with Crippen LogP contribution in [0.2, 0.25) is 0 Å². The molecule has 0 amide bonds. The van der Waals surface area contributed by atoms with E-state index in [0.29, 0.717) is 11.3 Å². The van der Waals surface area contributed by atoms with E-state index in [2.05, 4.69) is 24.4 Å². The zero-order valence-corrected chi connectivity index (χ0v) is 11.7. The summed E-state index contributed by atoms with van der Waals surface area (Å²) in [4.78, 5) is 2.50.